The van der Waals surface area contributed by atoms with Crippen LogP contribution in [0.5, 0.6) is 0 Å². The molecule has 2 aliphatic carbocycles. The van der Waals surface area contributed by atoms with E-state index < -0.39 is 0 Å². The van der Waals surface area contributed by atoms with Gasteiger partial charge in [0.15, 0.2) is 0 Å². The number of hydrogen-bond acceptors (Lipinski definition) is 0. The van der Waals surface area contributed by atoms with E-state index in [1.54, 1.807) is 23.3 Å². The Kier molecular flexibility index (Phi) is 13.6. The summed E-state index contributed by atoms with van der Waals surface area (Å²) in [4.78, 5) is 0. The molecule has 40 heavy (non-hydrogen) atoms. The van der Waals surface area contributed by atoms with Crippen LogP contribution in [0.2, 0.25) is 13.1 Å². The van der Waals surface area contributed by atoms with Crippen LogP contribution in [0.4, 0.5) is 0 Å². The van der Waals surface area contributed by atoms with Gasteiger partial charge in [0.05, 0.1) is 0 Å². The van der Waals surface area contributed by atoms with Crippen molar-refractivity contribution in [1.29, 1.82) is 0 Å². The monoisotopic (exact) mass is 656 g/mol. The smallest absolute Gasteiger partial charge is 1.00 e. The summed E-state index contributed by atoms with van der Waals surface area (Å²) in [5.41, 5.74) is 8.10. The van der Waals surface area contributed by atoms with Crippen LogP contribution in [0.3, 0.4) is 0 Å². The van der Waals surface area contributed by atoms with Crippen LogP contribution in [-0.4, -0.2) is 5.43 Å². The zero-order valence-corrected chi connectivity index (χ0v) is 29.1. The van der Waals surface area contributed by atoms with Crippen LogP contribution in [-0.2, 0) is 23.3 Å². The van der Waals surface area contributed by atoms with Gasteiger partial charge in [-0.25, -0.2) is 11.1 Å². The van der Waals surface area contributed by atoms with Crippen LogP contribution in [0.15, 0.2) is 108 Å². The Morgan fingerprint density at radius 3 is 1.23 bits per heavy atom. The van der Waals surface area contributed by atoms with Gasteiger partial charge in [-0.2, -0.15) is 23.3 Å². The number of rotatable bonds is 2. The summed E-state index contributed by atoms with van der Waals surface area (Å²) in [6.45, 7) is 13.3. The fourth-order valence-corrected chi connectivity index (χ4v) is 5.18. The second-order valence-electron chi connectivity index (χ2n) is 10.3. The molecule has 0 aromatic heterocycles. The van der Waals surface area contributed by atoms with Crippen molar-refractivity contribution in [1.82, 2.24) is 0 Å². The molecule has 0 N–H and O–H groups in total. The molecule has 204 valence electrons. The van der Waals surface area contributed by atoms with Gasteiger partial charge in [-0.05, 0) is 21.5 Å². The van der Waals surface area contributed by atoms with Crippen LogP contribution < -0.4 is 24.8 Å². The van der Waals surface area contributed by atoms with E-state index in [0.717, 1.165) is 0 Å². The van der Waals surface area contributed by atoms with Crippen molar-refractivity contribution in [3.05, 3.63) is 132 Å². The van der Waals surface area contributed by atoms with Crippen LogP contribution in [0.25, 0.3) is 32.7 Å². The van der Waals surface area contributed by atoms with E-state index >= 15 is 0 Å². The molecule has 2 unspecified atom stereocenters. The zero-order chi connectivity index (χ0) is 27.2. The maximum atomic E-state index is 3.45. The third kappa shape index (κ3) is 8.53. The van der Waals surface area contributed by atoms with Crippen molar-refractivity contribution in [3.8, 4) is 0 Å². The average Bonchev–Trinajstić information content (AvgIpc) is 3.42. The molecule has 0 bridgehead atoms. The second-order valence-corrected chi connectivity index (χ2v) is 19.7. The zero-order valence-electron chi connectivity index (χ0n) is 24.1. The molecule has 0 amide bonds. The Bertz CT molecular complexity index is 1480. The van der Waals surface area contributed by atoms with E-state index in [-0.39, 0.29) is 30.2 Å². The van der Waals surface area contributed by atoms with Crippen molar-refractivity contribution in [2.75, 3.05) is 0 Å². The Hall–Kier alpha value is -1.96. The minimum atomic E-state index is 0. The first kappa shape index (κ1) is 34.2. The van der Waals surface area contributed by atoms with Gasteiger partial charge in [0.2, 0.25) is 0 Å². The first-order valence-electron chi connectivity index (χ1n) is 13.4. The molecule has 2 aliphatic rings. The summed E-state index contributed by atoms with van der Waals surface area (Å²) in [7, 11) is 0. The molecule has 6 rings (SSSR count). The van der Waals surface area contributed by atoms with E-state index in [0.29, 0.717) is 11.8 Å². The Morgan fingerprint density at radius 2 is 0.900 bits per heavy atom. The molecule has 0 aliphatic heterocycles. The number of hydrogen-bond donors (Lipinski definition) is 0. The fraction of sp³-hybridized carbons (Fsp3) is 0.222. The van der Waals surface area contributed by atoms with Crippen LogP contribution >= 0.6 is 0 Å². The normalized spacial score (nSPS) is 17.1. The second kappa shape index (κ2) is 15.9. The van der Waals surface area contributed by atoms with Crippen molar-refractivity contribution < 1.29 is 48.1 Å². The van der Waals surface area contributed by atoms with Crippen LogP contribution in [0, 0.1) is 24.0 Å². The van der Waals surface area contributed by atoms with E-state index in [1.165, 1.54) is 55.0 Å². The first-order valence-corrected chi connectivity index (χ1v) is 19.6. The Balaban J connectivity index is 0.000000237. The maximum absolute atomic E-state index is 3.45. The van der Waals surface area contributed by atoms with Gasteiger partial charge >= 0.3 is 41.9 Å². The van der Waals surface area contributed by atoms with Gasteiger partial charge in [0.25, 0.3) is 0 Å². The standard InChI is InChI=1S/2C17H15.C2H6Si.2ClH.Zr/c2*1-12-10-13(2)17(11-12)16-9-5-7-14-6-3-4-8-15(14)16;1-3-2;;;/h2*3-9,11-12H,1-2H3;1-2H3;2*1H;/q2*-1;;;;+2/p-2. The molecule has 0 nitrogen and oxygen atoms in total. The summed E-state index contributed by atoms with van der Waals surface area (Å²) in [6.07, 6.45) is 11.5. The fourth-order valence-electron chi connectivity index (χ4n) is 5.18. The maximum Gasteiger partial charge on any atom is -1.00 e. The molecule has 0 heterocycles. The molecule has 4 aromatic carbocycles. The molecular formula is C36H36Cl2SiZr-2. The molecule has 0 radical (unpaired) electrons. The third-order valence-electron chi connectivity index (χ3n) is 6.69. The van der Waals surface area contributed by atoms with Gasteiger partial charge in [-0.3, -0.25) is 12.2 Å². The molecule has 0 saturated carbocycles. The number of benzene rings is 4. The van der Waals surface area contributed by atoms with Crippen molar-refractivity contribution in [2.24, 2.45) is 11.8 Å². The predicted octanol–water partition coefficient (Wildman–Crippen LogP) is 4.04. The van der Waals surface area contributed by atoms with E-state index in [2.05, 4.69) is 150 Å². The van der Waals surface area contributed by atoms with Gasteiger partial charge in [-0.1, -0.05) is 136 Å². The van der Waals surface area contributed by atoms with Crippen molar-refractivity contribution in [2.45, 2.75) is 40.8 Å². The van der Waals surface area contributed by atoms with Gasteiger partial charge in [-0.15, -0.1) is 0 Å². The largest absolute Gasteiger partial charge is 1.00 e. The summed E-state index contributed by atoms with van der Waals surface area (Å²) >= 11 is 1.74. The summed E-state index contributed by atoms with van der Waals surface area (Å²) in [5.74, 6) is 0.868. The van der Waals surface area contributed by atoms with Crippen molar-refractivity contribution in [3.63, 3.8) is 0 Å². The molecule has 4 aromatic rings. The molecule has 2 atom stereocenters. The quantitative estimate of drug-likeness (QED) is 0.226. The predicted molar refractivity (Wildman–Crippen MR) is 165 cm³/mol. The molecule has 0 fully saturated rings. The molecule has 0 spiro atoms. The minimum absolute atomic E-state index is 0. The number of halogens is 2. The van der Waals surface area contributed by atoms with Crippen LogP contribution in [0.1, 0.15) is 38.8 Å². The summed E-state index contributed by atoms with van der Waals surface area (Å²) in [6, 6.07) is 30.1. The molecule has 4 heteroatoms. The van der Waals surface area contributed by atoms with Crippen molar-refractivity contribution >= 4 is 38.1 Å². The topological polar surface area (TPSA) is 0 Å². The SMILES string of the molecule is CC1=[C-]C(C)C=C1c1cccc2ccccc12.CC1=[C-]C(C)C=C1c1cccc2ccccc12.C[Si](C)=[Zr+2].[Cl-].[Cl-]. The van der Waals surface area contributed by atoms with Gasteiger partial charge in [0.1, 0.15) is 0 Å². The van der Waals surface area contributed by atoms with E-state index in [1.807, 2.05) is 0 Å². The third-order valence-corrected chi connectivity index (χ3v) is 6.69. The Labute approximate surface area is 268 Å². The minimum Gasteiger partial charge on any atom is -1.00 e. The first-order chi connectivity index (χ1) is 18.2. The average molecular weight is 659 g/mol. The molecular weight excluding hydrogens is 623 g/mol. The number of fused-ring (bicyclic) bond motifs is 2. The Morgan fingerprint density at radius 1 is 0.575 bits per heavy atom. The summed E-state index contributed by atoms with van der Waals surface area (Å²) in [5, 5.41) is 5.27. The molecule has 0 saturated heterocycles. The summed E-state index contributed by atoms with van der Waals surface area (Å²) < 4.78 is 0. The van der Waals surface area contributed by atoms with E-state index in [9.17, 15) is 0 Å². The van der Waals surface area contributed by atoms with E-state index in [4.69, 9.17) is 0 Å². The number of allylic oxidation sites excluding steroid dienone is 8. The van der Waals surface area contributed by atoms with Gasteiger partial charge in [0, 0.05) is 0 Å². The van der Waals surface area contributed by atoms with Gasteiger partial charge < -0.3 is 24.8 Å².